The molecule has 0 bridgehead atoms. The van der Waals surface area contributed by atoms with Crippen molar-refractivity contribution in [3.05, 3.63) is 38.9 Å². The van der Waals surface area contributed by atoms with Crippen LogP contribution in [-0.4, -0.2) is 76.6 Å². The average molecular weight is 476 g/mol. The highest BCUT2D eigenvalue weighted by Gasteiger charge is 2.40. The molecule has 2 aliphatic heterocycles. The van der Waals surface area contributed by atoms with Gasteiger partial charge in [-0.05, 0) is 50.9 Å². The molecule has 2 aromatic rings. The third kappa shape index (κ3) is 3.91. The van der Waals surface area contributed by atoms with E-state index in [1.807, 2.05) is 17.0 Å². The number of hydrogen-bond donors (Lipinski definition) is 1. The van der Waals surface area contributed by atoms with Crippen LogP contribution in [0.2, 0.25) is 4.34 Å². The molecular weight excluding hydrogens is 446 g/mol. The van der Waals surface area contributed by atoms with Gasteiger partial charge in [-0.25, -0.2) is 9.97 Å². The van der Waals surface area contributed by atoms with E-state index in [0.29, 0.717) is 19.5 Å². The van der Waals surface area contributed by atoms with Gasteiger partial charge in [-0.3, -0.25) is 4.79 Å². The van der Waals surface area contributed by atoms with Crippen molar-refractivity contribution in [3.8, 4) is 0 Å². The molecular formula is C23H30ClN5O2S. The first-order chi connectivity index (χ1) is 15.4. The summed E-state index contributed by atoms with van der Waals surface area (Å²) in [6.07, 6.45) is 3.90. The average Bonchev–Trinajstić information content (AvgIpc) is 3.49. The number of hydrogen-bond acceptors (Lipinski definition) is 7. The van der Waals surface area contributed by atoms with E-state index in [2.05, 4.69) is 33.7 Å². The van der Waals surface area contributed by atoms with Crippen LogP contribution in [0.3, 0.4) is 0 Å². The highest BCUT2D eigenvalue weighted by atomic mass is 35.5. The molecule has 172 valence electrons. The molecule has 5 rings (SSSR count). The van der Waals surface area contributed by atoms with Crippen molar-refractivity contribution < 1.29 is 9.90 Å². The number of aliphatic hydroxyl groups is 1. The summed E-state index contributed by atoms with van der Waals surface area (Å²) in [5.74, 6) is 1.20. The molecule has 1 aliphatic carbocycles. The van der Waals surface area contributed by atoms with Gasteiger partial charge in [0.05, 0.1) is 22.1 Å². The molecule has 32 heavy (non-hydrogen) atoms. The molecule has 0 radical (unpaired) electrons. The molecule has 1 amide bonds. The number of nitrogens with zero attached hydrogens (tertiary/aromatic N) is 5. The molecule has 7 nitrogen and oxygen atoms in total. The van der Waals surface area contributed by atoms with Crippen molar-refractivity contribution in [3.63, 3.8) is 0 Å². The molecule has 4 heterocycles. The van der Waals surface area contributed by atoms with E-state index in [4.69, 9.17) is 11.6 Å². The number of likely N-dealkylation sites (tertiary alicyclic amines) is 1. The topological polar surface area (TPSA) is 72.8 Å². The predicted octanol–water partition coefficient (Wildman–Crippen LogP) is 3.26. The summed E-state index contributed by atoms with van der Waals surface area (Å²) in [7, 11) is 2.12. The minimum Gasteiger partial charge on any atom is -0.387 e. The number of carbonyl (C=O) groups excluding carboxylic acids is 1. The molecule has 0 spiro atoms. The second kappa shape index (κ2) is 8.89. The van der Waals surface area contributed by atoms with Gasteiger partial charge in [0.15, 0.2) is 0 Å². The molecule has 1 N–H and O–H groups in total. The quantitative estimate of drug-likeness (QED) is 0.731. The standard InChI is InChI=1S/C23H30ClN5O2S/c1-14-12-16(30)21-19(14)22(26-13-25-21)28-8-10-29(11-9-28)23(31)20(15-4-3-7-27(15)2)17-5-6-18(24)32-17/h5-6,13-16,20,30H,3-4,7-12H2,1-2H3/t14-,15+,16+,20-/m1/s1. The van der Waals surface area contributed by atoms with Crippen LogP contribution in [0.25, 0.3) is 0 Å². The molecule has 2 fully saturated rings. The summed E-state index contributed by atoms with van der Waals surface area (Å²) < 4.78 is 0.734. The van der Waals surface area contributed by atoms with Crippen LogP contribution >= 0.6 is 22.9 Å². The van der Waals surface area contributed by atoms with Gasteiger partial charge in [-0.1, -0.05) is 18.5 Å². The van der Waals surface area contributed by atoms with Gasteiger partial charge in [0, 0.05) is 42.7 Å². The van der Waals surface area contributed by atoms with Gasteiger partial charge in [-0.15, -0.1) is 11.3 Å². The summed E-state index contributed by atoms with van der Waals surface area (Å²) in [6, 6.07) is 4.15. The number of carbonyl (C=O) groups is 1. The van der Waals surface area contributed by atoms with Crippen LogP contribution in [0.5, 0.6) is 0 Å². The van der Waals surface area contributed by atoms with E-state index < -0.39 is 6.10 Å². The van der Waals surface area contributed by atoms with Gasteiger partial charge in [0.2, 0.25) is 5.91 Å². The van der Waals surface area contributed by atoms with Crippen molar-refractivity contribution in [1.29, 1.82) is 0 Å². The molecule has 0 unspecified atom stereocenters. The predicted molar refractivity (Wildman–Crippen MR) is 127 cm³/mol. The number of fused-ring (bicyclic) bond motifs is 1. The molecule has 4 atom stereocenters. The molecule has 2 saturated heterocycles. The number of anilines is 1. The van der Waals surface area contributed by atoms with Crippen molar-refractivity contribution in [2.75, 3.05) is 44.7 Å². The van der Waals surface area contributed by atoms with Gasteiger partial charge < -0.3 is 19.8 Å². The Kier molecular flexibility index (Phi) is 6.13. The Labute approximate surface area is 198 Å². The SMILES string of the molecule is C[C@@H]1C[C@H](O)c2ncnc(N3CCN(C(=O)[C@@H](c4ccc(Cl)s4)[C@@H]4CCCN4C)CC3)c21. The smallest absolute Gasteiger partial charge is 0.232 e. The number of rotatable bonds is 4. The van der Waals surface area contributed by atoms with Crippen LogP contribution < -0.4 is 4.90 Å². The normalized spacial score (nSPS) is 27.1. The summed E-state index contributed by atoms with van der Waals surface area (Å²) in [5, 5.41) is 10.3. The lowest BCUT2D eigenvalue weighted by Gasteiger charge is -2.39. The number of aromatic nitrogens is 2. The fraction of sp³-hybridized carbons (Fsp3) is 0.609. The van der Waals surface area contributed by atoms with E-state index in [1.54, 1.807) is 6.33 Å². The van der Waals surface area contributed by atoms with Crippen LogP contribution in [-0.2, 0) is 4.79 Å². The Balaban J connectivity index is 1.33. The third-order valence-corrected chi connectivity index (χ3v) is 8.61. The van der Waals surface area contributed by atoms with Crippen molar-refractivity contribution in [2.24, 2.45) is 0 Å². The number of thiophene rings is 1. The lowest BCUT2D eigenvalue weighted by molar-refractivity contribution is -0.134. The summed E-state index contributed by atoms with van der Waals surface area (Å²) in [6.45, 7) is 5.95. The minimum absolute atomic E-state index is 0.162. The molecule has 9 heteroatoms. The molecule has 0 saturated carbocycles. The largest absolute Gasteiger partial charge is 0.387 e. The third-order valence-electron chi connectivity index (χ3n) is 7.30. The fourth-order valence-corrected chi connectivity index (χ4v) is 6.83. The van der Waals surface area contributed by atoms with Crippen molar-refractivity contribution in [2.45, 2.75) is 50.2 Å². The van der Waals surface area contributed by atoms with Crippen LogP contribution in [0.15, 0.2) is 18.5 Å². The van der Waals surface area contributed by atoms with E-state index >= 15 is 0 Å². The van der Waals surface area contributed by atoms with E-state index in [0.717, 1.165) is 58.8 Å². The number of amides is 1. The maximum atomic E-state index is 13.8. The van der Waals surface area contributed by atoms with Gasteiger partial charge in [0.25, 0.3) is 0 Å². The number of aliphatic hydroxyl groups excluding tert-OH is 1. The highest BCUT2D eigenvalue weighted by Crippen LogP contribution is 2.43. The molecule has 2 aromatic heterocycles. The van der Waals surface area contributed by atoms with Crippen LogP contribution in [0.1, 0.15) is 60.3 Å². The van der Waals surface area contributed by atoms with Crippen LogP contribution in [0, 0.1) is 0 Å². The monoisotopic (exact) mass is 475 g/mol. The molecule has 3 aliphatic rings. The van der Waals surface area contributed by atoms with Gasteiger partial charge in [0.1, 0.15) is 12.1 Å². The van der Waals surface area contributed by atoms with Crippen molar-refractivity contribution in [1.82, 2.24) is 19.8 Å². The number of halogens is 1. The summed E-state index contributed by atoms with van der Waals surface area (Å²) in [5.41, 5.74) is 1.83. The Bertz CT molecular complexity index is 993. The Hall–Kier alpha value is -1.74. The van der Waals surface area contributed by atoms with Gasteiger partial charge in [-0.2, -0.15) is 0 Å². The number of likely N-dealkylation sites (N-methyl/N-ethyl adjacent to an activating group) is 1. The van der Waals surface area contributed by atoms with E-state index in [9.17, 15) is 9.90 Å². The second-order valence-electron chi connectivity index (χ2n) is 9.27. The van der Waals surface area contributed by atoms with E-state index in [-0.39, 0.29) is 23.8 Å². The summed E-state index contributed by atoms with van der Waals surface area (Å²) in [4.78, 5) is 30.3. The highest BCUT2D eigenvalue weighted by molar-refractivity contribution is 7.16. The summed E-state index contributed by atoms with van der Waals surface area (Å²) >= 11 is 7.77. The zero-order chi connectivity index (χ0) is 22.4. The zero-order valence-electron chi connectivity index (χ0n) is 18.6. The number of piperazine rings is 1. The zero-order valence-corrected chi connectivity index (χ0v) is 20.1. The minimum atomic E-state index is -0.508. The first-order valence-electron chi connectivity index (χ1n) is 11.5. The first-order valence-corrected chi connectivity index (χ1v) is 12.7. The van der Waals surface area contributed by atoms with E-state index in [1.165, 1.54) is 11.3 Å². The maximum Gasteiger partial charge on any atom is 0.232 e. The first kappa shape index (κ1) is 22.1. The lowest BCUT2D eigenvalue weighted by Crippen LogP contribution is -2.52. The van der Waals surface area contributed by atoms with Gasteiger partial charge >= 0.3 is 0 Å². The lowest BCUT2D eigenvalue weighted by atomic mass is 9.94. The fourth-order valence-electron chi connectivity index (χ4n) is 5.62. The maximum absolute atomic E-state index is 13.8. The Morgan fingerprint density at radius 3 is 2.66 bits per heavy atom. The van der Waals surface area contributed by atoms with Crippen LogP contribution in [0.4, 0.5) is 5.82 Å². The van der Waals surface area contributed by atoms with Crippen molar-refractivity contribution >= 4 is 34.7 Å². The molecule has 0 aromatic carbocycles. The Morgan fingerprint density at radius 1 is 1.22 bits per heavy atom. The Morgan fingerprint density at radius 2 is 2.00 bits per heavy atom. The second-order valence-corrected chi connectivity index (χ2v) is 11.0.